The summed E-state index contributed by atoms with van der Waals surface area (Å²) in [6, 6.07) is 5.08. The number of hydrogen-bond donors (Lipinski definition) is 0. The van der Waals surface area contributed by atoms with E-state index >= 15 is 0 Å². The summed E-state index contributed by atoms with van der Waals surface area (Å²) >= 11 is 0. The first-order valence-electron chi connectivity index (χ1n) is 9.78. The van der Waals surface area contributed by atoms with Gasteiger partial charge < -0.3 is 14.2 Å². The van der Waals surface area contributed by atoms with Gasteiger partial charge in [-0.3, -0.25) is 4.90 Å². The molecule has 152 valence electrons. The molecule has 1 saturated heterocycles. The minimum absolute atomic E-state index is 0.0383. The van der Waals surface area contributed by atoms with Crippen molar-refractivity contribution in [2.24, 2.45) is 0 Å². The number of fused-ring (bicyclic) bond motifs is 1. The van der Waals surface area contributed by atoms with E-state index in [1.54, 1.807) is 6.07 Å². The third kappa shape index (κ3) is 4.10. The van der Waals surface area contributed by atoms with Crippen LogP contribution >= 0.6 is 0 Å². The molecular formula is C21H23FN4O3. The normalized spacial score (nSPS) is 18.1. The van der Waals surface area contributed by atoms with E-state index in [1.807, 2.05) is 13.8 Å². The molecule has 0 spiro atoms. The van der Waals surface area contributed by atoms with Crippen molar-refractivity contribution in [2.45, 2.75) is 38.8 Å². The quantitative estimate of drug-likeness (QED) is 0.782. The van der Waals surface area contributed by atoms with Crippen molar-refractivity contribution in [2.75, 3.05) is 26.3 Å². The molecular weight excluding hydrogens is 375 g/mol. The third-order valence-corrected chi connectivity index (χ3v) is 5.43. The fourth-order valence-electron chi connectivity index (χ4n) is 3.69. The maximum atomic E-state index is 14.6. The Balaban J connectivity index is 1.38. The molecule has 8 heteroatoms. The van der Waals surface area contributed by atoms with E-state index in [2.05, 4.69) is 20.9 Å². The van der Waals surface area contributed by atoms with Crippen molar-refractivity contribution in [1.82, 2.24) is 14.9 Å². The van der Waals surface area contributed by atoms with Crippen LogP contribution in [0.4, 0.5) is 4.39 Å². The molecule has 1 atom stereocenters. The molecule has 0 N–H and O–H groups in total. The Labute approximate surface area is 169 Å². The van der Waals surface area contributed by atoms with Gasteiger partial charge in [0.2, 0.25) is 5.88 Å². The zero-order chi connectivity index (χ0) is 20.4. The summed E-state index contributed by atoms with van der Waals surface area (Å²) in [5.74, 6) is 0.881. The maximum Gasteiger partial charge on any atom is 0.257 e. The summed E-state index contributed by atoms with van der Waals surface area (Å²) in [5, 5.41) is 9.01. The van der Waals surface area contributed by atoms with Crippen molar-refractivity contribution in [3.05, 3.63) is 41.0 Å². The Morgan fingerprint density at radius 2 is 2.03 bits per heavy atom. The van der Waals surface area contributed by atoms with Crippen molar-refractivity contribution >= 4 is 0 Å². The lowest BCUT2D eigenvalue weighted by molar-refractivity contribution is 0.0741. The van der Waals surface area contributed by atoms with Gasteiger partial charge in [0.15, 0.2) is 5.75 Å². The monoisotopic (exact) mass is 398 g/mol. The van der Waals surface area contributed by atoms with E-state index in [0.717, 1.165) is 31.5 Å². The highest BCUT2D eigenvalue weighted by molar-refractivity contribution is 5.38. The molecule has 0 saturated carbocycles. The first kappa shape index (κ1) is 19.4. The summed E-state index contributed by atoms with van der Waals surface area (Å²) in [5.41, 5.74) is 1.77. The van der Waals surface area contributed by atoms with Gasteiger partial charge in [-0.15, -0.1) is 0 Å². The van der Waals surface area contributed by atoms with Crippen LogP contribution in [0.2, 0.25) is 0 Å². The van der Waals surface area contributed by atoms with Crippen LogP contribution in [0.25, 0.3) is 0 Å². The van der Waals surface area contributed by atoms with Crippen LogP contribution in [0.15, 0.2) is 18.3 Å². The van der Waals surface area contributed by atoms with Gasteiger partial charge >= 0.3 is 0 Å². The van der Waals surface area contributed by atoms with Gasteiger partial charge in [0, 0.05) is 31.4 Å². The number of rotatable bonds is 4. The summed E-state index contributed by atoms with van der Waals surface area (Å²) < 4.78 is 31.5. The molecule has 4 rings (SSSR count). The number of nitrogens with zero attached hydrogens (tertiary/aromatic N) is 4. The second-order valence-electron chi connectivity index (χ2n) is 7.33. The molecule has 1 fully saturated rings. The van der Waals surface area contributed by atoms with E-state index in [-0.39, 0.29) is 18.0 Å². The van der Waals surface area contributed by atoms with Crippen molar-refractivity contribution in [1.29, 1.82) is 5.26 Å². The lowest BCUT2D eigenvalue weighted by Crippen LogP contribution is -2.40. The van der Waals surface area contributed by atoms with E-state index in [4.69, 9.17) is 19.5 Å². The van der Waals surface area contributed by atoms with E-state index < -0.39 is 0 Å². The molecule has 0 bridgehead atoms. The van der Waals surface area contributed by atoms with Crippen molar-refractivity contribution in [3.63, 3.8) is 0 Å². The zero-order valence-electron chi connectivity index (χ0n) is 16.5. The highest BCUT2D eigenvalue weighted by Crippen LogP contribution is 2.34. The van der Waals surface area contributed by atoms with Crippen LogP contribution in [0.3, 0.4) is 0 Å². The van der Waals surface area contributed by atoms with Crippen LogP contribution in [-0.2, 0) is 0 Å². The Kier molecular flexibility index (Phi) is 5.49. The summed E-state index contributed by atoms with van der Waals surface area (Å²) in [4.78, 5) is 10.8. The molecule has 1 unspecified atom stereocenters. The highest BCUT2D eigenvalue weighted by Gasteiger charge is 2.29. The highest BCUT2D eigenvalue weighted by atomic mass is 19.1. The lowest BCUT2D eigenvalue weighted by Gasteiger charge is -2.35. The average molecular weight is 398 g/mol. The Morgan fingerprint density at radius 1 is 1.28 bits per heavy atom. The first-order chi connectivity index (χ1) is 14.0. The third-order valence-electron chi connectivity index (χ3n) is 5.43. The molecule has 0 aromatic carbocycles. The molecule has 4 heterocycles. The molecule has 7 nitrogen and oxygen atoms in total. The molecule has 2 aliphatic heterocycles. The van der Waals surface area contributed by atoms with Gasteiger partial charge in [-0.05, 0) is 32.3 Å². The van der Waals surface area contributed by atoms with Gasteiger partial charge in [-0.1, -0.05) is 0 Å². The Hall–Kier alpha value is -2.92. The van der Waals surface area contributed by atoms with Gasteiger partial charge in [0.25, 0.3) is 5.88 Å². The number of aromatic nitrogens is 2. The molecule has 29 heavy (non-hydrogen) atoms. The minimum atomic E-state index is -0.377. The predicted octanol–water partition coefficient (Wildman–Crippen LogP) is 3.17. The summed E-state index contributed by atoms with van der Waals surface area (Å²) in [6.07, 6.45) is 3.18. The van der Waals surface area contributed by atoms with Crippen LogP contribution in [0.5, 0.6) is 17.5 Å². The number of piperidine rings is 1. The second-order valence-corrected chi connectivity index (χ2v) is 7.33. The van der Waals surface area contributed by atoms with Crippen LogP contribution in [0, 0.1) is 24.1 Å². The number of ether oxygens (including phenoxy) is 3. The molecule has 2 aromatic heterocycles. The van der Waals surface area contributed by atoms with Gasteiger partial charge in [0.1, 0.15) is 31.2 Å². The number of halogens is 1. The summed E-state index contributed by atoms with van der Waals surface area (Å²) in [7, 11) is 0. The molecule has 0 aliphatic carbocycles. The smallest absolute Gasteiger partial charge is 0.257 e. The molecule has 2 aromatic rings. The number of likely N-dealkylation sites (tertiary alicyclic amines) is 1. The minimum Gasteiger partial charge on any atom is -0.484 e. The lowest BCUT2D eigenvalue weighted by atomic mass is 10.0. The fourth-order valence-corrected chi connectivity index (χ4v) is 3.69. The van der Waals surface area contributed by atoms with Gasteiger partial charge in [0.05, 0.1) is 17.3 Å². The second kappa shape index (κ2) is 8.21. The molecule has 2 aliphatic rings. The standard InChI is InChI=1S/C21H23FN4O3/c1-13-9-19(24-12-15(13)11-23)29-16-3-5-26(6-4-16)14(2)20-17(22)10-18-21(25-20)28-8-7-27-18/h9-10,12,14,16H,3-8H2,1-2H3. The maximum absolute atomic E-state index is 14.6. The molecule has 0 radical (unpaired) electrons. The molecule has 0 amide bonds. The topological polar surface area (TPSA) is 80.5 Å². The Morgan fingerprint density at radius 3 is 2.76 bits per heavy atom. The van der Waals surface area contributed by atoms with Crippen LogP contribution in [0.1, 0.15) is 42.6 Å². The SMILES string of the molecule is Cc1cc(OC2CCN(C(C)c3nc4c(cc3F)OCCO4)CC2)ncc1C#N. The van der Waals surface area contributed by atoms with Crippen LogP contribution < -0.4 is 14.2 Å². The first-order valence-corrected chi connectivity index (χ1v) is 9.78. The largest absolute Gasteiger partial charge is 0.484 e. The van der Waals surface area contributed by atoms with Crippen LogP contribution in [-0.4, -0.2) is 47.3 Å². The van der Waals surface area contributed by atoms with Crippen molar-refractivity contribution in [3.8, 4) is 23.6 Å². The van der Waals surface area contributed by atoms with E-state index in [1.165, 1.54) is 12.3 Å². The van der Waals surface area contributed by atoms with Gasteiger partial charge in [-0.2, -0.15) is 5.26 Å². The summed E-state index contributed by atoms with van der Waals surface area (Å²) in [6.45, 7) is 6.17. The van der Waals surface area contributed by atoms with Gasteiger partial charge in [-0.25, -0.2) is 14.4 Å². The number of pyridine rings is 2. The van der Waals surface area contributed by atoms with E-state index in [0.29, 0.717) is 42.0 Å². The number of nitriles is 1. The fraction of sp³-hybridized carbons (Fsp3) is 0.476. The van der Waals surface area contributed by atoms with E-state index in [9.17, 15) is 4.39 Å². The Bertz CT molecular complexity index is 938. The average Bonchev–Trinajstić information content (AvgIpc) is 2.73. The number of aryl methyl sites for hydroxylation is 1. The number of hydrogen-bond acceptors (Lipinski definition) is 7. The predicted molar refractivity (Wildman–Crippen MR) is 103 cm³/mol. The zero-order valence-corrected chi connectivity index (χ0v) is 16.5. The van der Waals surface area contributed by atoms with Crippen molar-refractivity contribution < 1.29 is 18.6 Å².